The van der Waals surface area contributed by atoms with E-state index < -0.39 is 0 Å². The maximum Gasteiger partial charge on any atom is 0.269 e. The second-order valence-electron chi connectivity index (χ2n) is 8.38. The molecule has 0 atom stereocenters. The number of benzene rings is 3. The first-order chi connectivity index (χ1) is 16.3. The van der Waals surface area contributed by atoms with Crippen molar-refractivity contribution >= 4 is 27.7 Å². The predicted molar refractivity (Wildman–Crippen MR) is 135 cm³/mol. The van der Waals surface area contributed by atoms with Crippen molar-refractivity contribution in [3.8, 4) is 0 Å². The standard InChI is InChI=1S/C29H27N3O/c33-29(30-19-9-14-21-10-3-1-4-11-21)27-20-24-23-15-7-8-16-25(23)32-28(24)26(31-27)18-17-22-12-5-2-6-13-22/h1-8,10-13,15-16,20,32H,9,14,17-19H2,(H,30,33). The Hall–Kier alpha value is -3.92. The van der Waals surface area contributed by atoms with Crippen LogP contribution in [0, 0.1) is 0 Å². The van der Waals surface area contributed by atoms with Crippen LogP contribution in [-0.2, 0) is 19.3 Å². The smallest absolute Gasteiger partial charge is 0.269 e. The molecule has 2 N–H and O–H groups in total. The fourth-order valence-corrected chi connectivity index (χ4v) is 4.35. The van der Waals surface area contributed by atoms with Crippen LogP contribution in [0.25, 0.3) is 21.8 Å². The molecule has 3 aromatic carbocycles. The average Bonchev–Trinajstić information content (AvgIpc) is 3.25. The molecule has 5 rings (SSSR count). The Bertz CT molecular complexity index is 1370. The summed E-state index contributed by atoms with van der Waals surface area (Å²) >= 11 is 0. The largest absolute Gasteiger partial charge is 0.353 e. The SMILES string of the molecule is O=C(NCCCc1ccccc1)c1cc2c([nH]c3ccccc32)c(CCc2ccccc2)n1. The Morgan fingerprint density at radius 3 is 2.18 bits per heavy atom. The summed E-state index contributed by atoms with van der Waals surface area (Å²) in [6, 6.07) is 30.9. The van der Waals surface area contributed by atoms with Crippen LogP contribution in [0.4, 0.5) is 0 Å². The van der Waals surface area contributed by atoms with Crippen LogP contribution >= 0.6 is 0 Å². The third-order valence-electron chi connectivity index (χ3n) is 6.07. The second-order valence-corrected chi connectivity index (χ2v) is 8.38. The number of carbonyl (C=O) groups is 1. The van der Waals surface area contributed by atoms with Crippen LogP contribution < -0.4 is 5.32 Å². The number of nitrogens with one attached hydrogen (secondary N) is 2. The van der Waals surface area contributed by atoms with E-state index in [0.29, 0.717) is 12.2 Å². The van der Waals surface area contributed by atoms with E-state index in [1.165, 1.54) is 11.1 Å². The number of carbonyl (C=O) groups excluding carboxylic acids is 1. The van der Waals surface area contributed by atoms with Crippen LogP contribution in [0.1, 0.15) is 33.7 Å². The summed E-state index contributed by atoms with van der Waals surface area (Å²) in [5, 5.41) is 5.24. The molecule has 2 heterocycles. The van der Waals surface area contributed by atoms with Gasteiger partial charge in [0.15, 0.2) is 0 Å². The van der Waals surface area contributed by atoms with Crippen LogP contribution in [0.5, 0.6) is 0 Å². The van der Waals surface area contributed by atoms with Crippen molar-refractivity contribution in [1.29, 1.82) is 0 Å². The van der Waals surface area contributed by atoms with Crippen molar-refractivity contribution in [3.63, 3.8) is 0 Å². The fraction of sp³-hybridized carbons (Fsp3) is 0.172. The molecule has 0 radical (unpaired) electrons. The highest BCUT2D eigenvalue weighted by atomic mass is 16.1. The molecule has 0 unspecified atom stereocenters. The van der Waals surface area contributed by atoms with Gasteiger partial charge in [0.25, 0.3) is 5.91 Å². The number of nitrogens with zero attached hydrogens (tertiary/aromatic N) is 1. The summed E-state index contributed by atoms with van der Waals surface area (Å²) in [7, 11) is 0. The van der Waals surface area contributed by atoms with Crippen LogP contribution in [0.3, 0.4) is 0 Å². The minimum Gasteiger partial charge on any atom is -0.353 e. The fourth-order valence-electron chi connectivity index (χ4n) is 4.35. The topological polar surface area (TPSA) is 57.8 Å². The number of aromatic nitrogens is 2. The number of H-pyrrole nitrogens is 1. The predicted octanol–water partition coefficient (Wildman–Crippen LogP) is 5.86. The molecule has 5 aromatic rings. The molecule has 0 aliphatic carbocycles. The molecule has 4 heteroatoms. The van der Waals surface area contributed by atoms with Crippen molar-refractivity contribution in [2.75, 3.05) is 6.54 Å². The number of pyridine rings is 1. The van der Waals surface area contributed by atoms with E-state index in [1.807, 2.05) is 42.5 Å². The molecule has 0 aliphatic heterocycles. The van der Waals surface area contributed by atoms with E-state index >= 15 is 0 Å². The van der Waals surface area contributed by atoms with E-state index in [2.05, 4.69) is 58.8 Å². The maximum atomic E-state index is 13.0. The first-order valence-electron chi connectivity index (χ1n) is 11.5. The van der Waals surface area contributed by atoms with Gasteiger partial charge in [-0.2, -0.15) is 0 Å². The van der Waals surface area contributed by atoms with Crippen LogP contribution in [-0.4, -0.2) is 22.4 Å². The highest BCUT2D eigenvalue weighted by molar-refractivity contribution is 6.10. The molecule has 33 heavy (non-hydrogen) atoms. The number of amides is 1. The maximum absolute atomic E-state index is 13.0. The van der Waals surface area contributed by atoms with Gasteiger partial charge in [-0.15, -0.1) is 0 Å². The molecule has 164 valence electrons. The van der Waals surface area contributed by atoms with Gasteiger partial charge in [-0.1, -0.05) is 78.9 Å². The molecule has 0 spiro atoms. The van der Waals surface area contributed by atoms with E-state index in [0.717, 1.165) is 53.2 Å². The third-order valence-corrected chi connectivity index (χ3v) is 6.07. The van der Waals surface area contributed by atoms with Crippen LogP contribution in [0.2, 0.25) is 0 Å². The number of para-hydroxylation sites is 1. The summed E-state index contributed by atoms with van der Waals surface area (Å²) in [6.07, 6.45) is 3.48. The number of fused-ring (bicyclic) bond motifs is 3. The van der Waals surface area contributed by atoms with E-state index in [4.69, 9.17) is 4.98 Å². The molecule has 1 amide bonds. The molecular weight excluding hydrogens is 406 g/mol. The molecule has 0 fully saturated rings. The lowest BCUT2D eigenvalue weighted by molar-refractivity contribution is 0.0948. The van der Waals surface area contributed by atoms with Crippen molar-refractivity contribution in [2.24, 2.45) is 0 Å². The van der Waals surface area contributed by atoms with Crippen molar-refractivity contribution in [3.05, 3.63) is 114 Å². The number of aromatic amines is 1. The zero-order valence-corrected chi connectivity index (χ0v) is 18.6. The average molecular weight is 434 g/mol. The zero-order valence-electron chi connectivity index (χ0n) is 18.6. The van der Waals surface area contributed by atoms with Gasteiger partial charge in [-0.25, -0.2) is 4.98 Å². The molecular formula is C29H27N3O. The molecule has 4 nitrogen and oxygen atoms in total. The van der Waals surface area contributed by atoms with Crippen LogP contribution in [0.15, 0.2) is 91.0 Å². The Morgan fingerprint density at radius 2 is 1.42 bits per heavy atom. The third kappa shape index (κ3) is 4.80. The van der Waals surface area contributed by atoms with Crippen molar-refractivity contribution in [1.82, 2.24) is 15.3 Å². The first-order valence-corrected chi connectivity index (χ1v) is 11.5. The molecule has 0 aliphatic rings. The van der Waals surface area contributed by atoms with Gasteiger partial charge in [-0.3, -0.25) is 4.79 Å². The van der Waals surface area contributed by atoms with Gasteiger partial charge in [0.2, 0.25) is 0 Å². The van der Waals surface area contributed by atoms with Gasteiger partial charge in [0.05, 0.1) is 11.2 Å². The molecule has 2 aromatic heterocycles. The summed E-state index contributed by atoms with van der Waals surface area (Å²) in [5.74, 6) is -0.115. The molecule has 0 saturated heterocycles. The van der Waals surface area contributed by atoms with E-state index in [9.17, 15) is 4.79 Å². The molecule has 0 bridgehead atoms. The minimum absolute atomic E-state index is 0.115. The highest BCUT2D eigenvalue weighted by Crippen LogP contribution is 2.28. The lowest BCUT2D eigenvalue weighted by atomic mass is 10.1. The quantitative estimate of drug-likeness (QED) is 0.301. The van der Waals surface area contributed by atoms with Crippen molar-refractivity contribution < 1.29 is 4.79 Å². The highest BCUT2D eigenvalue weighted by Gasteiger charge is 2.15. The van der Waals surface area contributed by atoms with Gasteiger partial charge in [0, 0.05) is 22.8 Å². The van der Waals surface area contributed by atoms with Gasteiger partial charge in [0.1, 0.15) is 5.69 Å². The number of hydrogen-bond acceptors (Lipinski definition) is 2. The lowest BCUT2D eigenvalue weighted by Gasteiger charge is -2.09. The van der Waals surface area contributed by atoms with Crippen molar-refractivity contribution in [2.45, 2.75) is 25.7 Å². The Labute approximate surface area is 193 Å². The number of rotatable bonds is 8. The van der Waals surface area contributed by atoms with Gasteiger partial charge in [-0.05, 0) is 48.9 Å². The summed E-state index contributed by atoms with van der Waals surface area (Å²) in [6.45, 7) is 0.626. The summed E-state index contributed by atoms with van der Waals surface area (Å²) in [4.78, 5) is 21.3. The zero-order chi connectivity index (χ0) is 22.5. The second kappa shape index (κ2) is 9.70. The Morgan fingerprint density at radius 1 is 0.758 bits per heavy atom. The number of hydrogen-bond donors (Lipinski definition) is 2. The summed E-state index contributed by atoms with van der Waals surface area (Å²) < 4.78 is 0. The van der Waals surface area contributed by atoms with E-state index in [1.54, 1.807) is 0 Å². The Kier molecular flexibility index (Phi) is 6.16. The minimum atomic E-state index is -0.115. The monoisotopic (exact) mass is 433 g/mol. The first kappa shape index (κ1) is 21.0. The van der Waals surface area contributed by atoms with Gasteiger partial charge < -0.3 is 10.3 Å². The van der Waals surface area contributed by atoms with Gasteiger partial charge >= 0.3 is 0 Å². The summed E-state index contributed by atoms with van der Waals surface area (Å²) in [5.41, 5.74) is 6.05. The molecule has 0 saturated carbocycles. The normalized spacial score (nSPS) is 11.2. The van der Waals surface area contributed by atoms with E-state index in [-0.39, 0.29) is 5.91 Å². The number of aryl methyl sites for hydroxylation is 3. The lowest BCUT2D eigenvalue weighted by Crippen LogP contribution is -2.26. The Balaban J connectivity index is 1.38.